The predicted molar refractivity (Wildman–Crippen MR) is 68.6 cm³/mol. The highest BCUT2D eigenvalue weighted by atomic mass is 16.2. The Morgan fingerprint density at radius 1 is 1.12 bits per heavy atom. The Kier molecular flexibility index (Phi) is 4.40. The molecule has 1 saturated heterocycles. The molecule has 1 aliphatic heterocycles. The first-order chi connectivity index (χ1) is 8.15. The van der Waals surface area contributed by atoms with Gasteiger partial charge in [-0.05, 0) is 31.6 Å². The van der Waals surface area contributed by atoms with Gasteiger partial charge in [0.25, 0.3) is 0 Å². The molecule has 0 spiro atoms. The molecule has 4 heteroatoms. The van der Waals surface area contributed by atoms with Crippen LogP contribution in [0, 0.1) is 5.92 Å². The van der Waals surface area contributed by atoms with Gasteiger partial charge in [-0.2, -0.15) is 0 Å². The van der Waals surface area contributed by atoms with Crippen LogP contribution in [0.1, 0.15) is 32.6 Å². The topological polar surface area (TPSA) is 49.6 Å². The van der Waals surface area contributed by atoms with Gasteiger partial charge in [-0.15, -0.1) is 0 Å². The highest BCUT2D eigenvalue weighted by molar-refractivity contribution is 5.73. The van der Waals surface area contributed by atoms with E-state index in [1.807, 2.05) is 4.90 Å². The zero-order valence-corrected chi connectivity index (χ0v) is 10.9. The summed E-state index contributed by atoms with van der Waals surface area (Å²) in [7, 11) is 0. The number of carbonyl (C=O) groups excluding carboxylic acids is 1. The fourth-order valence-electron chi connectivity index (χ4n) is 2.98. The molecule has 1 aliphatic carbocycles. The molecule has 1 saturated carbocycles. The van der Waals surface area contributed by atoms with Crippen LogP contribution in [0.3, 0.4) is 0 Å². The van der Waals surface area contributed by atoms with E-state index >= 15 is 0 Å². The fraction of sp³-hybridized carbons (Fsp3) is 0.923. The standard InChI is InChI=1S/C13H25N3O/c1-11(17)16-8-6-15(7-9-16)10-12-2-4-13(14)5-3-12/h12-13H,2-10,14H2,1H3. The smallest absolute Gasteiger partial charge is 0.219 e. The quantitative estimate of drug-likeness (QED) is 0.770. The van der Waals surface area contributed by atoms with Crippen LogP contribution in [-0.4, -0.2) is 54.5 Å². The Bertz CT molecular complexity index is 253. The van der Waals surface area contributed by atoms with Crippen molar-refractivity contribution in [2.24, 2.45) is 11.7 Å². The van der Waals surface area contributed by atoms with E-state index < -0.39 is 0 Å². The molecule has 1 heterocycles. The number of rotatable bonds is 2. The lowest BCUT2D eigenvalue weighted by Gasteiger charge is -2.37. The second kappa shape index (κ2) is 5.83. The lowest BCUT2D eigenvalue weighted by atomic mass is 9.86. The van der Waals surface area contributed by atoms with Gasteiger partial charge in [-0.1, -0.05) is 0 Å². The van der Waals surface area contributed by atoms with Gasteiger partial charge in [-0.3, -0.25) is 9.69 Å². The third kappa shape index (κ3) is 3.68. The summed E-state index contributed by atoms with van der Waals surface area (Å²) in [6.45, 7) is 6.77. The second-order valence-electron chi connectivity index (χ2n) is 5.59. The van der Waals surface area contributed by atoms with E-state index in [1.54, 1.807) is 6.92 Å². The molecule has 0 radical (unpaired) electrons. The monoisotopic (exact) mass is 239 g/mol. The normalized spacial score (nSPS) is 31.5. The van der Waals surface area contributed by atoms with Crippen molar-refractivity contribution in [1.82, 2.24) is 9.80 Å². The maximum Gasteiger partial charge on any atom is 0.219 e. The third-order valence-corrected chi connectivity index (χ3v) is 4.23. The van der Waals surface area contributed by atoms with E-state index in [4.69, 9.17) is 5.73 Å². The SMILES string of the molecule is CC(=O)N1CCN(CC2CCC(N)CC2)CC1. The van der Waals surface area contributed by atoms with Crippen LogP contribution in [0.5, 0.6) is 0 Å². The van der Waals surface area contributed by atoms with Gasteiger partial charge in [0.1, 0.15) is 0 Å². The van der Waals surface area contributed by atoms with Crippen molar-refractivity contribution in [3.63, 3.8) is 0 Å². The van der Waals surface area contributed by atoms with E-state index in [-0.39, 0.29) is 5.91 Å². The van der Waals surface area contributed by atoms with Crippen LogP contribution >= 0.6 is 0 Å². The molecule has 98 valence electrons. The van der Waals surface area contributed by atoms with E-state index in [2.05, 4.69) is 4.90 Å². The van der Waals surface area contributed by atoms with E-state index in [1.165, 1.54) is 32.2 Å². The molecule has 0 bridgehead atoms. The highest BCUT2D eigenvalue weighted by Gasteiger charge is 2.23. The average Bonchev–Trinajstić information content (AvgIpc) is 2.33. The molecule has 4 nitrogen and oxygen atoms in total. The van der Waals surface area contributed by atoms with Crippen molar-refractivity contribution in [2.75, 3.05) is 32.7 Å². The Morgan fingerprint density at radius 3 is 2.24 bits per heavy atom. The summed E-state index contributed by atoms with van der Waals surface area (Å²) in [5.74, 6) is 1.05. The summed E-state index contributed by atoms with van der Waals surface area (Å²) in [6, 6.07) is 0.445. The van der Waals surface area contributed by atoms with Crippen molar-refractivity contribution in [3.05, 3.63) is 0 Å². The molecule has 1 amide bonds. The molecule has 0 aromatic carbocycles. The summed E-state index contributed by atoms with van der Waals surface area (Å²) in [5, 5.41) is 0. The summed E-state index contributed by atoms with van der Waals surface area (Å²) in [5.41, 5.74) is 5.92. The summed E-state index contributed by atoms with van der Waals surface area (Å²) < 4.78 is 0. The minimum Gasteiger partial charge on any atom is -0.340 e. The van der Waals surface area contributed by atoms with E-state index in [9.17, 15) is 4.79 Å². The van der Waals surface area contributed by atoms with Crippen molar-refractivity contribution in [1.29, 1.82) is 0 Å². The molecule has 0 aromatic heterocycles. The molecule has 0 atom stereocenters. The molecule has 2 N–H and O–H groups in total. The lowest BCUT2D eigenvalue weighted by molar-refractivity contribution is -0.130. The van der Waals surface area contributed by atoms with Crippen molar-refractivity contribution >= 4 is 5.91 Å². The number of nitrogens with two attached hydrogens (primary N) is 1. The summed E-state index contributed by atoms with van der Waals surface area (Å²) in [4.78, 5) is 15.7. The first kappa shape index (κ1) is 12.8. The molecule has 0 aromatic rings. The second-order valence-corrected chi connectivity index (χ2v) is 5.59. The maximum absolute atomic E-state index is 11.2. The first-order valence-corrected chi connectivity index (χ1v) is 6.88. The van der Waals surface area contributed by atoms with Gasteiger partial charge in [0.15, 0.2) is 0 Å². The van der Waals surface area contributed by atoms with Gasteiger partial charge in [0.05, 0.1) is 0 Å². The van der Waals surface area contributed by atoms with Crippen LogP contribution < -0.4 is 5.73 Å². The number of piperazine rings is 1. The fourth-order valence-corrected chi connectivity index (χ4v) is 2.98. The van der Waals surface area contributed by atoms with Gasteiger partial charge in [0, 0.05) is 45.7 Å². The Hall–Kier alpha value is -0.610. The number of hydrogen-bond donors (Lipinski definition) is 1. The molecular weight excluding hydrogens is 214 g/mol. The van der Waals surface area contributed by atoms with E-state index in [0.29, 0.717) is 6.04 Å². The molecule has 2 rings (SSSR count). The molecular formula is C13H25N3O. The largest absolute Gasteiger partial charge is 0.340 e. The zero-order chi connectivity index (χ0) is 12.3. The van der Waals surface area contributed by atoms with Crippen molar-refractivity contribution in [3.8, 4) is 0 Å². The van der Waals surface area contributed by atoms with Crippen LogP contribution in [0.25, 0.3) is 0 Å². The van der Waals surface area contributed by atoms with Crippen LogP contribution in [0.15, 0.2) is 0 Å². The Balaban J connectivity index is 1.69. The lowest BCUT2D eigenvalue weighted by Crippen LogP contribution is -2.49. The minimum absolute atomic E-state index is 0.216. The third-order valence-electron chi connectivity index (χ3n) is 4.23. The molecule has 0 unspecified atom stereocenters. The van der Waals surface area contributed by atoms with E-state index in [0.717, 1.165) is 32.1 Å². The first-order valence-electron chi connectivity index (χ1n) is 6.88. The molecule has 2 fully saturated rings. The Morgan fingerprint density at radius 2 is 1.71 bits per heavy atom. The van der Waals surface area contributed by atoms with Gasteiger partial charge in [-0.25, -0.2) is 0 Å². The molecule has 17 heavy (non-hydrogen) atoms. The van der Waals surface area contributed by atoms with Gasteiger partial charge < -0.3 is 10.6 Å². The number of hydrogen-bond acceptors (Lipinski definition) is 3. The van der Waals surface area contributed by atoms with Crippen LogP contribution in [0.2, 0.25) is 0 Å². The minimum atomic E-state index is 0.216. The van der Waals surface area contributed by atoms with Crippen molar-refractivity contribution in [2.45, 2.75) is 38.6 Å². The highest BCUT2D eigenvalue weighted by Crippen LogP contribution is 2.24. The zero-order valence-electron chi connectivity index (χ0n) is 10.9. The average molecular weight is 239 g/mol. The van der Waals surface area contributed by atoms with Gasteiger partial charge >= 0.3 is 0 Å². The number of amides is 1. The number of carbonyl (C=O) groups is 1. The van der Waals surface area contributed by atoms with Crippen molar-refractivity contribution < 1.29 is 4.79 Å². The predicted octanol–water partition coefficient (Wildman–Crippen LogP) is 0.668. The Labute approximate surface area is 104 Å². The summed E-state index contributed by atoms with van der Waals surface area (Å²) >= 11 is 0. The number of nitrogens with zero attached hydrogens (tertiary/aromatic N) is 2. The molecule has 2 aliphatic rings. The van der Waals surface area contributed by atoms with Crippen LogP contribution in [-0.2, 0) is 4.79 Å². The van der Waals surface area contributed by atoms with Crippen LogP contribution in [0.4, 0.5) is 0 Å². The summed E-state index contributed by atoms with van der Waals surface area (Å²) in [6.07, 6.45) is 4.96. The van der Waals surface area contributed by atoms with Gasteiger partial charge in [0.2, 0.25) is 5.91 Å². The maximum atomic E-state index is 11.2.